The van der Waals surface area contributed by atoms with E-state index in [1.807, 2.05) is 0 Å². The molecule has 1 aliphatic heterocycles. The number of fused-ring (bicyclic) bond motifs is 1. The van der Waals surface area contributed by atoms with Crippen molar-refractivity contribution in [3.63, 3.8) is 0 Å². The van der Waals surface area contributed by atoms with Crippen LogP contribution in [-0.2, 0) is 14.8 Å². The number of carbonyl (C=O) groups excluding carboxylic acids is 1. The van der Waals surface area contributed by atoms with Crippen LogP contribution in [-0.4, -0.2) is 34.7 Å². The summed E-state index contributed by atoms with van der Waals surface area (Å²) in [5, 5.41) is 1.51. The molecular formula is C14H13NO6S2. The molecule has 1 aromatic heterocycles. The van der Waals surface area contributed by atoms with Crippen LogP contribution in [0.5, 0.6) is 11.5 Å². The number of nitrogens with one attached hydrogen (secondary N) is 1. The van der Waals surface area contributed by atoms with Crippen LogP contribution in [0.4, 0.5) is 5.69 Å². The first-order valence-electron chi connectivity index (χ1n) is 6.60. The highest BCUT2D eigenvalue weighted by molar-refractivity contribution is 7.93. The normalized spacial score (nSPS) is 13.4. The highest BCUT2D eigenvalue weighted by Crippen LogP contribution is 2.38. The Morgan fingerprint density at radius 1 is 1.26 bits per heavy atom. The van der Waals surface area contributed by atoms with Crippen molar-refractivity contribution < 1.29 is 27.4 Å². The average molecular weight is 355 g/mol. The van der Waals surface area contributed by atoms with Gasteiger partial charge in [0.1, 0.15) is 23.0 Å². The van der Waals surface area contributed by atoms with Crippen LogP contribution in [0, 0.1) is 0 Å². The zero-order chi connectivity index (χ0) is 16.4. The van der Waals surface area contributed by atoms with E-state index in [1.54, 1.807) is 18.2 Å². The molecule has 9 heteroatoms. The third-order valence-electron chi connectivity index (χ3n) is 3.10. The third kappa shape index (κ3) is 2.97. The Morgan fingerprint density at radius 3 is 2.83 bits per heavy atom. The summed E-state index contributed by atoms with van der Waals surface area (Å²) < 4.78 is 43.1. The molecule has 0 saturated heterocycles. The topological polar surface area (TPSA) is 90.9 Å². The van der Waals surface area contributed by atoms with Crippen LogP contribution >= 0.6 is 11.3 Å². The smallest absolute Gasteiger partial charge is 0.349 e. The van der Waals surface area contributed by atoms with Crippen LogP contribution in [0.2, 0.25) is 0 Å². The van der Waals surface area contributed by atoms with Gasteiger partial charge in [-0.15, -0.1) is 11.3 Å². The summed E-state index contributed by atoms with van der Waals surface area (Å²) in [5.41, 5.74) is 0.254. The molecule has 122 valence electrons. The summed E-state index contributed by atoms with van der Waals surface area (Å²) in [6.45, 7) is 0.734. The lowest BCUT2D eigenvalue weighted by Crippen LogP contribution is -2.19. The summed E-state index contributed by atoms with van der Waals surface area (Å²) in [6.07, 6.45) is 0. The van der Waals surface area contributed by atoms with E-state index in [1.165, 1.54) is 18.6 Å². The molecule has 1 aromatic carbocycles. The van der Waals surface area contributed by atoms with E-state index in [9.17, 15) is 13.2 Å². The van der Waals surface area contributed by atoms with Crippen molar-refractivity contribution in [2.45, 2.75) is 4.90 Å². The second-order valence-electron chi connectivity index (χ2n) is 4.54. The van der Waals surface area contributed by atoms with Crippen molar-refractivity contribution in [2.75, 3.05) is 25.0 Å². The molecule has 0 bridgehead atoms. The summed E-state index contributed by atoms with van der Waals surface area (Å²) in [5.74, 6) is 0.0992. The Labute approximate surface area is 136 Å². The van der Waals surface area contributed by atoms with E-state index < -0.39 is 16.0 Å². The van der Waals surface area contributed by atoms with Gasteiger partial charge in [-0.1, -0.05) is 6.07 Å². The van der Waals surface area contributed by atoms with Gasteiger partial charge < -0.3 is 14.2 Å². The number of benzene rings is 1. The van der Waals surface area contributed by atoms with Gasteiger partial charge in [0.15, 0.2) is 11.5 Å². The number of thiophene rings is 1. The number of hydrogen-bond donors (Lipinski definition) is 1. The summed E-state index contributed by atoms with van der Waals surface area (Å²) in [6, 6.07) is 6.26. The second-order valence-corrected chi connectivity index (χ2v) is 7.11. The van der Waals surface area contributed by atoms with E-state index >= 15 is 0 Å². The zero-order valence-electron chi connectivity index (χ0n) is 12.1. The Morgan fingerprint density at radius 2 is 2.04 bits per heavy atom. The SMILES string of the molecule is COC(=O)c1sccc1S(=O)(=O)Nc1cccc2c1OCCO2. The number of ether oxygens (including phenoxy) is 3. The van der Waals surface area contributed by atoms with E-state index in [-0.39, 0.29) is 15.5 Å². The van der Waals surface area contributed by atoms with Crippen molar-refractivity contribution in [1.82, 2.24) is 0 Å². The Hall–Kier alpha value is -2.26. The Kier molecular flexibility index (Phi) is 4.14. The van der Waals surface area contributed by atoms with Crippen LogP contribution in [0.15, 0.2) is 34.5 Å². The quantitative estimate of drug-likeness (QED) is 0.845. The predicted octanol–water partition coefficient (Wildman–Crippen LogP) is 2.11. The van der Waals surface area contributed by atoms with Crippen molar-refractivity contribution >= 4 is 33.0 Å². The average Bonchev–Trinajstić information content (AvgIpc) is 3.05. The van der Waals surface area contributed by atoms with Gasteiger partial charge >= 0.3 is 5.97 Å². The van der Waals surface area contributed by atoms with Crippen molar-refractivity contribution in [2.24, 2.45) is 0 Å². The summed E-state index contributed by atoms with van der Waals surface area (Å²) in [7, 11) is -2.77. The zero-order valence-corrected chi connectivity index (χ0v) is 13.7. The molecule has 0 radical (unpaired) electrons. The lowest BCUT2D eigenvalue weighted by atomic mass is 10.2. The van der Waals surface area contributed by atoms with Gasteiger partial charge in [0, 0.05) is 0 Å². The molecule has 1 N–H and O–H groups in total. The first-order chi connectivity index (χ1) is 11.0. The van der Waals surface area contributed by atoms with Gasteiger partial charge in [-0.2, -0.15) is 0 Å². The minimum absolute atomic E-state index is 0.0157. The molecule has 0 unspecified atom stereocenters. The van der Waals surface area contributed by atoms with Gasteiger partial charge in [-0.05, 0) is 23.6 Å². The van der Waals surface area contributed by atoms with Crippen molar-refractivity contribution in [1.29, 1.82) is 0 Å². The standard InChI is InChI=1S/C14H13NO6S2/c1-19-14(16)13-11(5-8-22-13)23(17,18)15-9-3-2-4-10-12(9)21-7-6-20-10/h2-5,8,15H,6-7H2,1H3. The molecular weight excluding hydrogens is 342 g/mol. The number of esters is 1. The number of methoxy groups -OCH3 is 1. The molecule has 7 nitrogen and oxygen atoms in total. The molecule has 2 aromatic rings. The minimum atomic E-state index is -3.97. The maximum atomic E-state index is 12.6. The van der Waals surface area contributed by atoms with Gasteiger partial charge in [0.25, 0.3) is 10.0 Å². The molecule has 0 saturated carbocycles. The largest absolute Gasteiger partial charge is 0.486 e. The van der Waals surface area contributed by atoms with Crippen molar-refractivity contribution in [3.8, 4) is 11.5 Å². The van der Waals surface area contributed by atoms with E-state index in [4.69, 9.17) is 9.47 Å². The fourth-order valence-corrected chi connectivity index (χ4v) is 4.50. The summed E-state index contributed by atoms with van der Waals surface area (Å²) in [4.78, 5) is 11.6. The van der Waals surface area contributed by atoms with Crippen LogP contribution < -0.4 is 14.2 Å². The second kappa shape index (κ2) is 6.09. The Bertz CT molecular complexity index is 843. The predicted molar refractivity (Wildman–Crippen MR) is 83.9 cm³/mol. The lowest BCUT2D eigenvalue weighted by Gasteiger charge is -2.21. The van der Waals surface area contributed by atoms with E-state index in [2.05, 4.69) is 9.46 Å². The molecule has 1 aliphatic rings. The van der Waals surface area contributed by atoms with E-state index in [0.29, 0.717) is 24.7 Å². The number of carbonyl (C=O) groups is 1. The maximum absolute atomic E-state index is 12.6. The monoisotopic (exact) mass is 355 g/mol. The highest BCUT2D eigenvalue weighted by Gasteiger charge is 2.27. The number of para-hydroxylation sites is 1. The number of sulfonamides is 1. The molecule has 0 aliphatic carbocycles. The van der Waals surface area contributed by atoms with Gasteiger partial charge in [-0.25, -0.2) is 13.2 Å². The molecule has 3 rings (SSSR count). The van der Waals surface area contributed by atoms with Gasteiger partial charge in [-0.3, -0.25) is 4.72 Å². The Balaban J connectivity index is 1.97. The summed E-state index contributed by atoms with van der Waals surface area (Å²) >= 11 is 0.999. The molecule has 0 amide bonds. The molecule has 2 heterocycles. The van der Waals surface area contributed by atoms with Crippen LogP contribution in [0.3, 0.4) is 0 Å². The first kappa shape index (κ1) is 15.6. The van der Waals surface area contributed by atoms with Crippen molar-refractivity contribution in [3.05, 3.63) is 34.5 Å². The molecule has 0 atom stereocenters. The number of anilines is 1. The maximum Gasteiger partial charge on any atom is 0.349 e. The fraction of sp³-hybridized carbons (Fsp3) is 0.214. The third-order valence-corrected chi connectivity index (χ3v) is 5.53. The lowest BCUT2D eigenvalue weighted by molar-refractivity contribution is 0.0602. The number of hydrogen-bond acceptors (Lipinski definition) is 7. The van der Waals surface area contributed by atoms with Crippen LogP contribution in [0.25, 0.3) is 0 Å². The highest BCUT2D eigenvalue weighted by atomic mass is 32.2. The van der Waals surface area contributed by atoms with Crippen LogP contribution in [0.1, 0.15) is 9.67 Å². The number of rotatable bonds is 4. The van der Waals surface area contributed by atoms with E-state index in [0.717, 1.165) is 11.3 Å². The first-order valence-corrected chi connectivity index (χ1v) is 8.96. The molecule has 0 spiro atoms. The van der Waals surface area contributed by atoms with Gasteiger partial charge in [0.2, 0.25) is 0 Å². The molecule has 23 heavy (non-hydrogen) atoms. The fourth-order valence-electron chi connectivity index (χ4n) is 2.10. The molecule has 0 fully saturated rings. The van der Waals surface area contributed by atoms with Gasteiger partial charge in [0.05, 0.1) is 12.8 Å². The minimum Gasteiger partial charge on any atom is -0.486 e.